The lowest BCUT2D eigenvalue weighted by atomic mass is 9.92. The molecule has 0 aliphatic carbocycles. The molecule has 0 aliphatic heterocycles. The van der Waals surface area contributed by atoms with Crippen molar-refractivity contribution in [3.05, 3.63) is 84.4 Å². The van der Waals surface area contributed by atoms with Crippen LogP contribution in [0.3, 0.4) is 0 Å². The maximum atomic E-state index is 9.21. The first kappa shape index (κ1) is 12.6. The van der Waals surface area contributed by atoms with E-state index >= 15 is 0 Å². The lowest BCUT2D eigenvalue weighted by Gasteiger charge is -2.11. The Hall–Kier alpha value is -3.11. The van der Waals surface area contributed by atoms with Gasteiger partial charge in [0.15, 0.2) is 0 Å². The van der Waals surface area contributed by atoms with Gasteiger partial charge in [-0.2, -0.15) is 5.26 Å². The van der Waals surface area contributed by atoms with Crippen LogP contribution in [-0.2, 0) is 0 Å². The predicted octanol–water partition coefficient (Wildman–Crippen LogP) is 5.53. The van der Waals surface area contributed by atoms with Gasteiger partial charge >= 0.3 is 0 Å². The van der Waals surface area contributed by atoms with Gasteiger partial charge in [0, 0.05) is 0 Å². The van der Waals surface area contributed by atoms with Gasteiger partial charge in [-0.15, -0.1) is 0 Å². The van der Waals surface area contributed by atoms with E-state index in [9.17, 15) is 5.26 Å². The van der Waals surface area contributed by atoms with Crippen LogP contribution in [0.4, 0.5) is 0 Å². The van der Waals surface area contributed by atoms with Crippen LogP contribution in [0.1, 0.15) is 5.56 Å². The zero-order valence-electron chi connectivity index (χ0n) is 12.0. The molecule has 0 aromatic heterocycles. The van der Waals surface area contributed by atoms with E-state index in [2.05, 4.69) is 60.7 Å². The number of hydrogen-bond donors (Lipinski definition) is 0. The zero-order valence-corrected chi connectivity index (χ0v) is 12.0. The van der Waals surface area contributed by atoms with Crippen molar-refractivity contribution in [3.8, 4) is 17.2 Å². The quantitative estimate of drug-likeness (QED) is 0.420. The minimum absolute atomic E-state index is 0.697. The van der Waals surface area contributed by atoms with Crippen LogP contribution in [0, 0.1) is 11.3 Å². The highest BCUT2D eigenvalue weighted by atomic mass is 14.2. The predicted molar refractivity (Wildman–Crippen MR) is 91.6 cm³/mol. The van der Waals surface area contributed by atoms with Crippen LogP contribution in [-0.4, -0.2) is 0 Å². The summed E-state index contributed by atoms with van der Waals surface area (Å²) in [6, 6.07) is 29.2. The molecule has 1 heteroatoms. The number of benzene rings is 4. The van der Waals surface area contributed by atoms with Crippen LogP contribution in [0.5, 0.6) is 0 Å². The second-order valence-corrected chi connectivity index (χ2v) is 5.38. The maximum absolute atomic E-state index is 9.21. The smallest absolute Gasteiger partial charge is 0.0991 e. The Morgan fingerprint density at radius 1 is 0.636 bits per heavy atom. The van der Waals surface area contributed by atoms with Gasteiger partial charge in [0.1, 0.15) is 0 Å². The first-order valence-corrected chi connectivity index (χ1v) is 7.28. The summed E-state index contributed by atoms with van der Waals surface area (Å²) < 4.78 is 0. The van der Waals surface area contributed by atoms with E-state index in [-0.39, 0.29) is 0 Å². The molecule has 0 aliphatic rings. The summed E-state index contributed by atoms with van der Waals surface area (Å²) >= 11 is 0. The average molecular weight is 279 g/mol. The highest BCUT2D eigenvalue weighted by molar-refractivity contribution is 6.14. The largest absolute Gasteiger partial charge is 0.192 e. The molecule has 1 nitrogen and oxygen atoms in total. The molecule has 0 saturated carbocycles. The fraction of sp³-hybridized carbons (Fsp3) is 0. The second-order valence-electron chi connectivity index (χ2n) is 5.38. The number of nitrogens with zero attached hydrogens (tertiary/aromatic N) is 1. The Labute approximate surface area is 129 Å². The molecule has 102 valence electrons. The standard InChI is InChI=1S/C21H13N/c22-14-15-10-11-19-20(16-6-2-1-3-7-16)13-17-8-4-5-9-18(17)21(19)12-15/h1-13H. The topological polar surface area (TPSA) is 23.8 Å². The first-order chi connectivity index (χ1) is 10.9. The van der Waals surface area contributed by atoms with Gasteiger partial charge in [0.2, 0.25) is 0 Å². The lowest BCUT2D eigenvalue weighted by molar-refractivity contribution is 1.50. The summed E-state index contributed by atoms with van der Waals surface area (Å²) in [7, 11) is 0. The van der Waals surface area contributed by atoms with Gasteiger partial charge in [0.05, 0.1) is 11.6 Å². The van der Waals surface area contributed by atoms with E-state index in [0.717, 1.165) is 5.39 Å². The molecule has 0 radical (unpaired) electrons. The molecule has 0 spiro atoms. The van der Waals surface area contributed by atoms with Crippen LogP contribution < -0.4 is 0 Å². The van der Waals surface area contributed by atoms with E-state index in [1.165, 1.54) is 27.3 Å². The third-order valence-electron chi connectivity index (χ3n) is 4.07. The SMILES string of the molecule is N#Cc1ccc2c(-c3ccccc3)cc3ccccc3c2c1. The molecule has 0 atom stereocenters. The molecular weight excluding hydrogens is 266 g/mol. The van der Waals surface area contributed by atoms with Crippen molar-refractivity contribution >= 4 is 21.5 Å². The second kappa shape index (κ2) is 5.02. The van der Waals surface area contributed by atoms with Gasteiger partial charge in [-0.1, -0.05) is 60.7 Å². The minimum atomic E-state index is 0.697. The monoisotopic (exact) mass is 279 g/mol. The molecule has 4 aromatic rings. The van der Waals surface area contributed by atoms with Crippen LogP contribution in [0.15, 0.2) is 78.9 Å². The minimum Gasteiger partial charge on any atom is -0.192 e. The van der Waals surface area contributed by atoms with E-state index in [1.807, 2.05) is 24.3 Å². The molecule has 0 unspecified atom stereocenters. The number of hydrogen-bond acceptors (Lipinski definition) is 1. The fourth-order valence-electron chi connectivity index (χ4n) is 3.03. The Bertz CT molecular complexity index is 1020. The van der Waals surface area contributed by atoms with Gasteiger partial charge in [-0.3, -0.25) is 0 Å². The van der Waals surface area contributed by atoms with Crippen molar-refractivity contribution in [2.75, 3.05) is 0 Å². The molecule has 0 N–H and O–H groups in total. The Morgan fingerprint density at radius 3 is 2.23 bits per heavy atom. The van der Waals surface area contributed by atoms with E-state index < -0.39 is 0 Å². The number of fused-ring (bicyclic) bond motifs is 3. The number of rotatable bonds is 1. The van der Waals surface area contributed by atoms with Crippen molar-refractivity contribution in [1.29, 1.82) is 5.26 Å². The van der Waals surface area contributed by atoms with E-state index in [4.69, 9.17) is 0 Å². The van der Waals surface area contributed by atoms with Crippen LogP contribution in [0.25, 0.3) is 32.7 Å². The van der Waals surface area contributed by atoms with E-state index in [0.29, 0.717) is 5.56 Å². The Kier molecular flexibility index (Phi) is 2.88. The summed E-state index contributed by atoms with van der Waals surface area (Å²) in [4.78, 5) is 0. The molecule has 0 saturated heterocycles. The molecule has 4 aromatic carbocycles. The Morgan fingerprint density at radius 2 is 1.41 bits per heavy atom. The molecule has 22 heavy (non-hydrogen) atoms. The highest BCUT2D eigenvalue weighted by Crippen LogP contribution is 2.35. The van der Waals surface area contributed by atoms with Crippen molar-refractivity contribution in [2.24, 2.45) is 0 Å². The normalized spacial score (nSPS) is 10.7. The van der Waals surface area contributed by atoms with Crippen LogP contribution >= 0.6 is 0 Å². The van der Waals surface area contributed by atoms with Crippen LogP contribution in [0.2, 0.25) is 0 Å². The van der Waals surface area contributed by atoms with Gasteiger partial charge < -0.3 is 0 Å². The lowest BCUT2D eigenvalue weighted by Crippen LogP contribution is -1.85. The fourth-order valence-corrected chi connectivity index (χ4v) is 3.03. The molecular formula is C21H13N. The molecule has 0 heterocycles. The van der Waals surface area contributed by atoms with E-state index in [1.54, 1.807) is 0 Å². The van der Waals surface area contributed by atoms with Crippen molar-refractivity contribution in [3.63, 3.8) is 0 Å². The molecule has 0 fully saturated rings. The van der Waals surface area contributed by atoms with Crippen molar-refractivity contribution < 1.29 is 0 Å². The average Bonchev–Trinajstić information content (AvgIpc) is 2.61. The summed E-state index contributed by atoms with van der Waals surface area (Å²) in [5.74, 6) is 0. The maximum Gasteiger partial charge on any atom is 0.0991 e. The zero-order chi connectivity index (χ0) is 14.9. The number of nitriles is 1. The summed E-state index contributed by atoms with van der Waals surface area (Å²) in [5, 5.41) is 13.9. The Balaban J connectivity index is 2.18. The van der Waals surface area contributed by atoms with Crippen molar-refractivity contribution in [2.45, 2.75) is 0 Å². The molecule has 0 bridgehead atoms. The molecule has 4 rings (SSSR count). The first-order valence-electron chi connectivity index (χ1n) is 7.28. The third kappa shape index (κ3) is 1.94. The van der Waals surface area contributed by atoms with Gasteiger partial charge in [-0.05, 0) is 50.9 Å². The van der Waals surface area contributed by atoms with Gasteiger partial charge in [-0.25, -0.2) is 0 Å². The summed E-state index contributed by atoms with van der Waals surface area (Å²) in [6.45, 7) is 0. The third-order valence-corrected chi connectivity index (χ3v) is 4.07. The highest BCUT2D eigenvalue weighted by Gasteiger charge is 2.08. The summed E-state index contributed by atoms with van der Waals surface area (Å²) in [6.07, 6.45) is 0. The van der Waals surface area contributed by atoms with Crippen molar-refractivity contribution in [1.82, 2.24) is 0 Å². The van der Waals surface area contributed by atoms with Gasteiger partial charge in [0.25, 0.3) is 0 Å². The summed E-state index contributed by atoms with van der Waals surface area (Å²) in [5.41, 5.74) is 3.10. The molecule has 0 amide bonds.